The maximum absolute atomic E-state index is 4.50. The fraction of sp³-hybridized carbons (Fsp3) is 0.615. The van der Waals surface area contributed by atoms with E-state index in [4.69, 9.17) is 0 Å². The Bertz CT molecular complexity index is 491. The second kappa shape index (κ2) is 6.77. The molecular weight excluding hydrogens is 258 g/mol. The quantitative estimate of drug-likeness (QED) is 0.843. The predicted molar refractivity (Wildman–Crippen MR) is 77.2 cm³/mol. The van der Waals surface area contributed by atoms with Crippen LogP contribution in [-0.4, -0.2) is 25.9 Å². The van der Waals surface area contributed by atoms with E-state index in [0.717, 1.165) is 31.5 Å². The molecule has 19 heavy (non-hydrogen) atoms. The monoisotopic (exact) mass is 279 g/mol. The SMILES string of the molecule is CCCNC(Cc1cc(CC)nn1C)c1cnns1. The van der Waals surface area contributed by atoms with E-state index in [1.165, 1.54) is 22.1 Å². The molecule has 0 saturated carbocycles. The van der Waals surface area contributed by atoms with Gasteiger partial charge in [-0.2, -0.15) is 5.10 Å². The first kappa shape index (κ1) is 14.1. The molecule has 1 unspecified atom stereocenters. The van der Waals surface area contributed by atoms with Crippen LogP contribution in [0.3, 0.4) is 0 Å². The standard InChI is InChI=1S/C13H21N5S/c1-4-6-14-12(13-9-15-17-19-13)8-11-7-10(5-2)16-18(11)3/h7,9,12,14H,4-6,8H2,1-3H3. The molecule has 0 aromatic carbocycles. The molecule has 0 spiro atoms. The van der Waals surface area contributed by atoms with Gasteiger partial charge in [-0.3, -0.25) is 4.68 Å². The van der Waals surface area contributed by atoms with Gasteiger partial charge in [0.1, 0.15) is 0 Å². The normalized spacial score (nSPS) is 12.8. The summed E-state index contributed by atoms with van der Waals surface area (Å²) in [5, 5.41) is 12.0. The molecule has 0 aliphatic heterocycles. The van der Waals surface area contributed by atoms with Crippen LogP contribution >= 0.6 is 11.5 Å². The van der Waals surface area contributed by atoms with Gasteiger partial charge in [0.2, 0.25) is 0 Å². The van der Waals surface area contributed by atoms with Crippen LogP contribution in [0.5, 0.6) is 0 Å². The van der Waals surface area contributed by atoms with Gasteiger partial charge in [0.15, 0.2) is 0 Å². The van der Waals surface area contributed by atoms with Crippen molar-refractivity contribution in [3.05, 3.63) is 28.5 Å². The van der Waals surface area contributed by atoms with Crippen LogP contribution in [0, 0.1) is 0 Å². The Morgan fingerprint density at radius 1 is 1.42 bits per heavy atom. The Hall–Kier alpha value is -1.27. The molecule has 0 saturated heterocycles. The Labute approximate surface area is 118 Å². The fourth-order valence-electron chi connectivity index (χ4n) is 2.06. The molecule has 6 heteroatoms. The van der Waals surface area contributed by atoms with Crippen molar-refractivity contribution in [1.82, 2.24) is 24.7 Å². The maximum atomic E-state index is 4.50. The minimum absolute atomic E-state index is 0.278. The molecule has 0 radical (unpaired) electrons. The molecule has 0 fully saturated rings. The summed E-state index contributed by atoms with van der Waals surface area (Å²) in [5.41, 5.74) is 2.40. The largest absolute Gasteiger partial charge is 0.309 e. The van der Waals surface area contributed by atoms with E-state index in [-0.39, 0.29) is 6.04 Å². The summed E-state index contributed by atoms with van der Waals surface area (Å²) in [6, 6.07) is 2.47. The maximum Gasteiger partial charge on any atom is 0.0669 e. The average Bonchev–Trinajstić information content (AvgIpc) is 3.04. The lowest BCUT2D eigenvalue weighted by molar-refractivity contribution is 0.518. The summed E-state index contributed by atoms with van der Waals surface area (Å²) in [6.07, 6.45) is 4.87. The van der Waals surface area contributed by atoms with Crippen molar-refractivity contribution in [3.63, 3.8) is 0 Å². The fourth-order valence-corrected chi connectivity index (χ4v) is 2.64. The minimum atomic E-state index is 0.278. The second-order valence-corrected chi connectivity index (χ2v) is 5.45. The van der Waals surface area contributed by atoms with Crippen molar-refractivity contribution in [2.24, 2.45) is 7.05 Å². The highest BCUT2D eigenvalue weighted by Gasteiger charge is 2.16. The Morgan fingerprint density at radius 3 is 2.84 bits per heavy atom. The van der Waals surface area contributed by atoms with Crippen molar-refractivity contribution >= 4 is 11.5 Å². The zero-order valence-corrected chi connectivity index (χ0v) is 12.6. The van der Waals surface area contributed by atoms with E-state index in [2.05, 4.69) is 39.9 Å². The Kier molecular flexibility index (Phi) is 5.04. The molecule has 1 N–H and O–H groups in total. The molecular formula is C13H21N5S. The predicted octanol–water partition coefficient (Wildman–Crippen LogP) is 2.12. The summed E-state index contributed by atoms with van der Waals surface area (Å²) in [6.45, 7) is 5.31. The second-order valence-electron chi connectivity index (χ2n) is 4.63. The minimum Gasteiger partial charge on any atom is -0.309 e. The van der Waals surface area contributed by atoms with Gasteiger partial charge in [-0.15, -0.1) is 5.10 Å². The van der Waals surface area contributed by atoms with Crippen molar-refractivity contribution in [1.29, 1.82) is 0 Å². The third kappa shape index (κ3) is 3.61. The van der Waals surface area contributed by atoms with Gasteiger partial charge in [0.25, 0.3) is 0 Å². The number of hydrogen-bond acceptors (Lipinski definition) is 5. The number of aromatic nitrogens is 4. The van der Waals surface area contributed by atoms with Crippen LogP contribution in [0.15, 0.2) is 12.3 Å². The van der Waals surface area contributed by atoms with Gasteiger partial charge in [0.05, 0.1) is 22.8 Å². The van der Waals surface area contributed by atoms with Crippen LogP contribution in [0.1, 0.15) is 42.6 Å². The molecule has 2 aromatic heterocycles. The highest BCUT2D eigenvalue weighted by Crippen LogP contribution is 2.20. The molecule has 0 bridgehead atoms. The van der Waals surface area contributed by atoms with Crippen molar-refractivity contribution in [2.45, 2.75) is 39.2 Å². The topological polar surface area (TPSA) is 55.6 Å². The Morgan fingerprint density at radius 2 is 2.26 bits per heavy atom. The summed E-state index contributed by atoms with van der Waals surface area (Å²) in [4.78, 5) is 1.19. The van der Waals surface area contributed by atoms with Crippen LogP contribution in [0.4, 0.5) is 0 Å². The highest BCUT2D eigenvalue weighted by atomic mass is 32.1. The first-order chi connectivity index (χ1) is 9.24. The van der Waals surface area contributed by atoms with Crippen molar-refractivity contribution < 1.29 is 0 Å². The molecule has 1 atom stereocenters. The zero-order valence-electron chi connectivity index (χ0n) is 11.8. The number of nitrogens with zero attached hydrogens (tertiary/aromatic N) is 4. The van der Waals surface area contributed by atoms with Gasteiger partial charge in [-0.1, -0.05) is 18.3 Å². The van der Waals surface area contributed by atoms with Crippen LogP contribution in [0.2, 0.25) is 0 Å². The molecule has 2 rings (SSSR count). The molecule has 2 heterocycles. The van der Waals surface area contributed by atoms with Gasteiger partial charge in [-0.05, 0) is 37.0 Å². The summed E-state index contributed by atoms with van der Waals surface area (Å²) < 4.78 is 5.95. The van der Waals surface area contributed by atoms with Crippen LogP contribution < -0.4 is 5.32 Å². The van der Waals surface area contributed by atoms with E-state index in [1.54, 1.807) is 0 Å². The lowest BCUT2D eigenvalue weighted by atomic mass is 10.1. The molecule has 0 aliphatic rings. The van der Waals surface area contributed by atoms with E-state index in [9.17, 15) is 0 Å². The molecule has 0 amide bonds. The van der Waals surface area contributed by atoms with E-state index >= 15 is 0 Å². The van der Waals surface area contributed by atoms with E-state index in [0.29, 0.717) is 0 Å². The number of aryl methyl sites for hydroxylation is 2. The van der Waals surface area contributed by atoms with Gasteiger partial charge >= 0.3 is 0 Å². The summed E-state index contributed by atoms with van der Waals surface area (Å²) >= 11 is 1.47. The smallest absolute Gasteiger partial charge is 0.0669 e. The summed E-state index contributed by atoms with van der Waals surface area (Å²) in [5.74, 6) is 0. The number of nitrogens with one attached hydrogen (secondary N) is 1. The first-order valence-electron chi connectivity index (χ1n) is 6.77. The van der Waals surface area contributed by atoms with Crippen molar-refractivity contribution in [2.75, 3.05) is 6.54 Å². The molecule has 104 valence electrons. The van der Waals surface area contributed by atoms with Gasteiger partial charge in [-0.25, -0.2) is 0 Å². The Balaban J connectivity index is 2.12. The third-order valence-electron chi connectivity index (χ3n) is 3.17. The molecule has 0 aliphatic carbocycles. The average molecular weight is 279 g/mol. The van der Waals surface area contributed by atoms with E-state index < -0.39 is 0 Å². The van der Waals surface area contributed by atoms with Crippen molar-refractivity contribution in [3.8, 4) is 0 Å². The summed E-state index contributed by atoms with van der Waals surface area (Å²) in [7, 11) is 2.01. The lowest BCUT2D eigenvalue weighted by Crippen LogP contribution is -2.24. The van der Waals surface area contributed by atoms with E-state index in [1.807, 2.05) is 17.9 Å². The molecule has 2 aromatic rings. The van der Waals surface area contributed by atoms with Gasteiger partial charge < -0.3 is 5.32 Å². The van der Waals surface area contributed by atoms with Crippen LogP contribution in [0.25, 0.3) is 0 Å². The number of rotatable bonds is 7. The molecule has 5 nitrogen and oxygen atoms in total. The van der Waals surface area contributed by atoms with Crippen LogP contribution in [-0.2, 0) is 19.9 Å². The van der Waals surface area contributed by atoms with Gasteiger partial charge in [0, 0.05) is 19.2 Å². The third-order valence-corrected chi connectivity index (χ3v) is 3.94. The zero-order chi connectivity index (χ0) is 13.7. The highest BCUT2D eigenvalue weighted by molar-refractivity contribution is 7.05. The lowest BCUT2D eigenvalue weighted by Gasteiger charge is -2.16. The number of hydrogen-bond donors (Lipinski definition) is 1. The first-order valence-corrected chi connectivity index (χ1v) is 7.54.